The third kappa shape index (κ3) is 4.30. The second-order valence-electron chi connectivity index (χ2n) is 8.90. The van der Waals surface area contributed by atoms with Crippen LogP contribution in [0.5, 0.6) is 11.5 Å². The summed E-state index contributed by atoms with van der Waals surface area (Å²) in [6.07, 6.45) is 1.65. The predicted octanol–water partition coefficient (Wildman–Crippen LogP) is 4.74. The number of hydrogen-bond donors (Lipinski definition) is 1. The molecule has 0 aliphatic carbocycles. The lowest BCUT2D eigenvalue weighted by Gasteiger charge is -2.34. The summed E-state index contributed by atoms with van der Waals surface area (Å²) in [6, 6.07) is 10.7. The number of benzene rings is 2. The minimum absolute atomic E-state index is 0.277. The van der Waals surface area contributed by atoms with Gasteiger partial charge < -0.3 is 19.5 Å². The van der Waals surface area contributed by atoms with E-state index in [0.717, 1.165) is 53.9 Å². The maximum Gasteiger partial charge on any atom is 0.310 e. The Bertz CT molecular complexity index is 1030. The minimum Gasteiger partial charge on any atom is -0.497 e. The van der Waals surface area contributed by atoms with E-state index >= 15 is 0 Å². The zero-order chi connectivity index (χ0) is 22.2. The largest absolute Gasteiger partial charge is 0.497 e. The van der Waals surface area contributed by atoms with Crippen molar-refractivity contribution in [2.45, 2.75) is 33.3 Å². The van der Waals surface area contributed by atoms with E-state index in [9.17, 15) is 14.3 Å². The predicted molar refractivity (Wildman–Crippen MR) is 117 cm³/mol. The number of hydrogen-bond acceptors (Lipinski definition) is 4. The summed E-state index contributed by atoms with van der Waals surface area (Å²) in [5.74, 6) is 0.385. The maximum absolute atomic E-state index is 14.0. The second kappa shape index (κ2) is 8.35. The Labute approximate surface area is 182 Å². The molecule has 2 heterocycles. The zero-order valence-electron chi connectivity index (χ0n) is 18.2. The number of carboxylic acids is 1. The molecule has 164 valence electrons. The second-order valence-corrected chi connectivity index (χ2v) is 8.90. The van der Waals surface area contributed by atoms with Crippen LogP contribution >= 0.6 is 0 Å². The van der Waals surface area contributed by atoms with Crippen molar-refractivity contribution < 1.29 is 23.8 Å². The lowest BCUT2D eigenvalue weighted by molar-refractivity contribution is -0.148. The Morgan fingerprint density at radius 1 is 1.16 bits per heavy atom. The number of piperidine rings is 1. The van der Waals surface area contributed by atoms with E-state index in [2.05, 4.69) is 4.90 Å². The van der Waals surface area contributed by atoms with E-state index in [4.69, 9.17) is 9.47 Å². The molecule has 6 heteroatoms. The zero-order valence-corrected chi connectivity index (χ0v) is 18.2. The average molecular weight is 426 g/mol. The van der Waals surface area contributed by atoms with Crippen molar-refractivity contribution in [3.8, 4) is 11.5 Å². The van der Waals surface area contributed by atoms with Gasteiger partial charge in [-0.25, -0.2) is 4.39 Å². The summed E-state index contributed by atoms with van der Waals surface area (Å²) in [4.78, 5) is 13.7. The van der Waals surface area contributed by atoms with Crippen LogP contribution in [0.25, 0.3) is 5.57 Å². The molecule has 1 saturated heterocycles. The van der Waals surface area contributed by atoms with Gasteiger partial charge in [-0.15, -0.1) is 0 Å². The van der Waals surface area contributed by atoms with E-state index in [1.165, 1.54) is 11.6 Å². The Balaban J connectivity index is 1.72. The van der Waals surface area contributed by atoms with Gasteiger partial charge >= 0.3 is 5.97 Å². The highest BCUT2D eigenvalue weighted by Gasteiger charge is 2.32. The molecule has 2 aliphatic heterocycles. The molecule has 0 radical (unpaired) electrons. The van der Waals surface area contributed by atoms with Crippen molar-refractivity contribution >= 4 is 11.5 Å². The fraction of sp³-hybridized carbons (Fsp3) is 0.400. The quantitative estimate of drug-likeness (QED) is 0.767. The van der Waals surface area contributed by atoms with Crippen molar-refractivity contribution in [1.82, 2.24) is 4.90 Å². The third-order valence-corrected chi connectivity index (χ3v) is 6.19. The summed E-state index contributed by atoms with van der Waals surface area (Å²) in [5, 5.41) is 9.45. The number of fused-ring (bicyclic) bond motifs is 2. The van der Waals surface area contributed by atoms with E-state index in [-0.39, 0.29) is 5.82 Å². The van der Waals surface area contributed by atoms with Crippen LogP contribution in [0, 0.1) is 11.2 Å². The van der Waals surface area contributed by atoms with Crippen molar-refractivity contribution in [2.75, 3.05) is 26.7 Å². The summed E-state index contributed by atoms with van der Waals surface area (Å²) in [7, 11) is 1.62. The molecule has 2 aromatic carbocycles. The number of carboxylic acid groups (broad SMARTS) is 1. The number of likely N-dealkylation sites (tertiary alicyclic amines) is 1. The van der Waals surface area contributed by atoms with Crippen LogP contribution in [0.1, 0.15) is 43.4 Å². The number of ether oxygens (including phenoxy) is 2. The number of nitrogens with zero attached hydrogens (tertiary/aromatic N) is 1. The fourth-order valence-corrected chi connectivity index (χ4v) is 4.42. The Morgan fingerprint density at radius 2 is 1.87 bits per heavy atom. The number of methoxy groups -OCH3 is 1. The smallest absolute Gasteiger partial charge is 0.310 e. The molecular weight excluding hydrogens is 397 g/mol. The number of aliphatic carboxylic acids is 1. The molecule has 0 aromatic heterocycles. The Kier molecular flexibility index (Phi) is 5.75. The normalized spacial score (nSPS) is 16.8. The van der Waals surface area contributed by atoms with Crippen molar-refractivity contribution in [1.29, 1.82) is 0 Å². The minimum atomic E-state index is -0.784. The summed E-state index contributed by atoms with van der Waals surface area (Å²) in [5.41, 5.74) is 4.41. The number of halogens is 1. The van der Waals surface area contributed by atoms with Crippen LogP contribution in [0.2, 0.25) is 0 Å². The van der Waals surface area contributed by atoms with Crippen molar-refractivity contribution in [2.24, 2.45) is 5.41 Å². The first-order valence-electron chi connectivity index (χ1n) is 10.6. The number of carbonyl (C=O) groups is 1. The van der Waals surface area contributed by atoms with Gasteiger partial charge in [-0.05, 0) is 62.1 Å². The highest BCUT2D eigenvalue weighted by molar-refractivity contribution is 5.87. The summed E-state index contributed by atoms with van der Waals surface area (Å²) in [6.45, 7) is 5.92. The van der Waals surface area contributed by atoms with Gasteiger partial charge in [-0.2, -0.15) is 0 Å². The van der Waals surface area contributed by atoms with E-state index in [1.54, 1.807) is 27.0 Å². The highest BCUT2D eigenvalue weighted by atomic mass is 19.1. The topological polar surface area (TPSA) is 59.0 Å². The molecular formula is C25H28FNO4. The van der Waals surface area contributed by atoms with E-state index in [1.807, 2.05) is 24.3 Å². The first kappa shape index (κ1) is 21.4. The van der Waals surface area contributed by atoms with Crippen LogP contribution in [0.3, 0.4) is 0 Å². The molecule has 2 aromatic rings. The van der Waals surface area contributed by atoms with Gasteiger partial charge in [0.15, 0.2) is 0 Å². The molecule has 31 heavy (non-hydrogen) atoms. The first-order valence-corrected chi connectivity index (χ1v) is 10.6. The van der Waals surface area contributed by atoms with E-state index in [0.29, 0.717) is 18.9 Å². The molecule has 0 amide bonds. The van der Waals surface area contributed by atoms with Crippen LogP contribution < -0.4 is 9.47 Å². The molecule has 5 nitrogen and oxygen atoms in total. The molecule has 4 rings (SSSR count). The SMILES string of the molecule is COc1ccc2c(c1)OCc1cc(F)ccc1C2=C1CCN(CC(C)(C)C(=O)O)CC1. The van der Waals surface area contributed by atoms with Crippen molar-refractivity contribution in [3.63, 3.8) is 0 Å². The number of rotatable bonds is 4. The molecule has 0 bridgehead atoms. The van der Waals surface area contributed by atoms with Crippen molar-refractivity contribution in [3.05, 3.63) is 64.5 Å². The molecule has 2 aliphatic rings. The molecule has 0 atom stereocenters. The van der Waals surface area contributed by atoms with E-state index < -0.39 is 11.4 Å². The van der Waals surface area contributed by atoms with Gasteiger partial charge in [0.1, 0.15) is 23.9 Å². The molecule has 1 N–H and O–H groups in total. The Hall–Kier alpha value is -2.86. The third-order valence-electron chi connectivity index (χ3n) is 6.19. The van der Waals surface area contributed by atoms with Crippen LogP contribution in [-0.2, 0) is 11.4 Å². The van der Waals surface area contributed by atoms with Crippen LogP contribution in [-0.4, -0.2) is 42.7 Å². The maximum atomic E-state index is 14.0. The molecule has 0 spiro atoms. The van der Waals surface area contributed by atoms with Crippen LogP contribution in [0.15, 0.2) is 42.0 Å². The highest BCUT2D eigenvalue weighted by Crippen LogP contribution is 2.42. The van der Waals surface area contributed by atoms with Gasteiger partial charge in [0.05, 0.1) is 12.5 Å². The molecule has 0 unspecified atom stereocenters. The van der Waals surface area contributed by atoms with Gasteiger partial charge in [0.25, 0.3) is 0 Å². The van der Waals surface area contributed by atoms with Gasteiger partial charge in [-0.1, -0.05) is 11.6 Å². The lowest BCUT2D eigenvalue weighted by atomic mass is 9.85. The first-order chi connectivity index (χ1) is 14.8. The van der Waals surface area contributed by atoms with Gasteiger partial charge in [-0.3, -0.25) is 4.79 Å². The Morgan fingerprint density at radius 3 is 2.55 bits per heavy atom. The van der Waals surface area contributed by atoms with Gasteiger partial charge in [0.2, 0.25) is 0 Å². The molecule has 0 saturated carbocycles. The summed E-state index contributed by atoms with van der Waals surface area (Å²) >= 11 is 0. The van der Waals surface area contributed by atoms with Crippen LogP contribution in [0.4, 0.5) is 4.39 Å². The average Bonchev–Trinajstić information content (AvgIpc) is 2.90. The lowest BCUT2D eigenvalue weighted by Crippen LogP contribution is -2.42. The fourth-order valence-electron chi connectivity index (χ4n) is 4.42. The van der Waals surface area contributed by atoms with Gasteiger partial charge in [0, 0.05) is 36.8 Å². The monoisotopic (exact) mass is 425 g/mol. The standard InChI is InChI=1S/C25H28FNO4/c1-25(2,24(28)29)15-27-10-8-16(9-11-27)23-20-6-4-18(26)12-17(20)14-31-22-13-19(30-3)5-7-21(22)23/h4-7,12-13H,8-11,14-15H2,1-3H3,(H,28,29). The molecule has 1 fully saturated rings. The summed E-state index contributed by atoms with van der Waals surface area (Å²) < 4.78 is 25.4.